The van der Waals surface area contributed by atoms with Gasteiger partial charge in [-0.2, -0.15) is 0 Å². The number of carbonyl (C=O) groups excluding carboxylic acids is 1. The first-order valence-corrected chi connectivity index (χ1v) is 5.21. The van der Waals surface area contributed by atoms with E-state index in [-0.39, 0.29) is 0 Å². The van der Waals surface area contributed by atoms with Crippen LogP contribution in [0.5, 0.6) is 0 Å². The molecule has 15 heavy (non-hydrogen) atoms. The van der Waals surface area contributed by atoms with Gasteiger partial charge in [-0.1, -0.05) is 0 Å². The molecule has 1 saturated heterocycles. The third-order valence-corrected chi connectivity index (χ3v) is 2.88. The number of nitrogens with zero attached hydrogens (tertiary/aromatic N) is 2. The van der Waals surface area contributed by atoms with Gasteiger partial charge in [0, 0.05) is 18.8 Å². The lowest BCUT2D eigenvalue weighted by atomic mass is 10.2. The quantitative estimate of drug-likeness (QED) is 0.788. The van der Waals surface area contributed by atoms with Gasteiger partial charge in [-0.05, 0) is 31.9 Å². The Morgan fingerprint density at radius 1 is 1.60 bits per heavy atom. The Balaban J connectivity index is 2.19. The number of amides is 1. The first-order chi connectivity index (χ1) is 7.18. The molecule has 1 fully saturated rings. The van der Waals surface area contributed by atoms with Crippen LogP contribution in [0.4, 0.5) is 5.82 Å². The van der Waals surface area contributed by atoms with Gasteiger partial charge < -0.3 is 10.6 Å². The second kappa shape index (κ2) is 3.88. The van der Waals surface area contributed by atoms with Gasteiger partial charge in [-0.25, -0.2) is 4.98 Å². The van der Waals surface area contributed by atoms with Crippen LogP contribution in [0.25, 0.3) is 0 Å². The molecular formula is C11H15N3O. The fraction of sp³-hybridized carbons (Fsp3) is 0.455. The number of carbonyl (C=O) groups is 1. The largest absolute Gasteiger partial charge is 0.366 e. The zero-order valence-corrected chi connectivity index (χ0v) is 8.81. The van der Waals surface area contributed by atoms with Gasteiger partial charge in [0.1, 0.15) is 5.82 Å². The molecule has 1 amide bonds. The molecule has 4 nitrogen and oxygen atoms in total. The highest BCUT2D eigenvalue weighted by atomic mass is 16.1. The van der Waals surface area contributed by atoms with Crippen LogP contribution < -0.4 is 10.6 Å². The van der Waals surface area contributed by atoms with Crippen LogP contribution in [-0.4, -0.2) is 23.5 Å². The van der Waals surface area contributed by atoms with Gasteiger partial charge in [-0.15, -0.1) is 0 Å². The molecule has 2 rings (SSSR count). The molecule has 0 spiro atoms. The summed E-state index contributed by atoms with van der Waals surface area (Å²) in [6, 6.07) is 4.13. The number of hydrogen-bond acceptors (Lipinski definition) is 3. The van der Waals surface area contributed by atoms with E-state index >= 15 is 0 Å². The number of nitrogens with two attached hydrogens (primary N) is 1. The summed E-state index contributed by atoms with van der Waals surface area (Å²) < 4.78 is 0. The molecule has 0 saturated carbocycles. The van der Waals surface area contributed by atoms with E-state index in [0.29, 0.717) is 11.6 Å². The molecule has 2 N–H and O–H groups in total. The first kappa shape index (κ1) is 9.96. The highest BCUT2D eigenvalue weighted by molar-refractivity contribution is 5.92. The standard InChI is InChI=1S/C11H15N3O/c1-8-3-2-6-14(8)10-5-4-9(7-13-10)11(12)15/h4-5,7-8H,2-3,6H2,1H3,(H2,12,15). The molecular weight excluding hydrogens is 190 g/mol. The number of primary amides is 1. The Bertz CT molecular complexity index is 361. The fourth-order valence-electron chi connectivity index (χ4n) is 1.98. The van der Waals surface area contributed by atoms with Crippen LogP contribution in [0.15, 0.2) is 18.3 Å². The van der Waals surface area contributed by atoms with E-state index in [4.69, 9.17) is 5.73 Å². The average molecular weight is 205 g/mol. The minimum Gasteiger partial charge on any atom is -0.366 e. The van der Waals surface area contributed by atoms with Crippen molar-refractivity contribution in [2.24, 2.45) is 5.73 Å². The number of aromatic nitrogens is 1. The summed E-state index contributed by atoms with van der Waals surface area (Å²) >= 11 is 0. The number of hydrogen-bond donors (Lipinski definition) is 1. The summed E-state index contributed by atoms with van der Waals surface area (Å²) in [6.07, 6.45) is 3.96. The molecule has 1 aromatic heterocycles. The van der Waals surface area contributed by atoms with Crippen molar-refractivity contribution in [3.05, 3.63) is 23.9 Å². The van der Waals surface area contributed by atoms with E-state index in [1.807, 2.05) is 6.07 Å². The molecule has 0 aromatic carbocycles. The molecule has 0 aliphatic carbocycles. The molecule has 80 valence electrons. The van der Waals surface area contributed by atoms with Gasteiger partial charge in [0.2, 0.25) is 5.91 Å². The smallest absolute Gasteiger partial charge is 0.250 e. The van der Waals surface area contributed by atoms with E-state index < -0.39 is 5.91 Å². The Morgan fingerprint density at radius 3 is 2.87 bits per heavy atom. The van der Waals surface area contributed by atoms with Gasteiger partial charge >= 0.3 is 0 Å². The van der Waals surface area contributed by atoms with Crippen molar-refractivity contribution in [3.63, 3.8) is 0 Å². The third kappa shape index (κ3) is 1.93. The molecule has 2 heterocycles. The van der Waals surface area contributed by atoms with Crippen molar-refractivity contribution in [1.29, 1.82) is 0 Å². The normalized spacial score (nSPS) is 20.6. The molecule has 1 aliphatic rings. The maximum Gasteiger partial charge on any atom is 0.250 e. The molecule has 0 bridgehead atoms. The maximum atomic E-state index is 10.9. The molecule has 1 atom stereocenters. The highest BCUT2D eigenvalue weighted by Gasteiger charge is 2.21. The number of pyridine rings is 1. The Kier molecular flexibility index (Phi) is 2.58. The van der Waals surface area contributed by atoms with Crippen molar-refractivity contribution in [2.75, 3.05) is 11.4 Å². The SMILES string of the molecule is CC1CCCN1c1ccc(C(N)=O)cn1. The van der Waals surface area contributed by atoms with Crippen molar-refractivity contribution in [2.45, 2.75) is 25.8 Å². The summed E-state index contributed by atoms with van der Waals surface area (Å²) in [7, 11) is 0. The van der Waals surface area contributed by atoms with Crippen LogP contribution >= 0.6 is 0 Å². The zero-order chi connectivity index (χ0) is 10.8. The summed E-state index contributed by atoms with van der Waals surface area (Å²) in [4.78, 5) is 17.4. The molecule has 4 heteroatoms. The second-order valence-electron chi connectivity index (χ2n) is 3.95. The lowest BCUT2D eigenvalue weighted by molar-refractivity contribution is 0.1000. The van der Waals surface area contributed by atoms with E-state index in [9.17, 15) is 4.79 Å². The lowest BCUT2D eigenvalue weighted by Gasteiger charge is -2.22. The lowest BCUT2D eigenvalue weighted by Crippen LogP contribution is -2.27. The van der Waals surface area contributed by atoms with E-state index in [1.165, 1.54) is 12.8 Å². The predicted octanol–water partition coefficient (Wildman–Crippen LogP) is 1.17. The van der Waals surface area contributed by atoms with E-state index in [1.54, 1.807) is 12.3 Å². The minimum atomic E-state index is -0.427. The monoisotopic (exact) mass is 205 g/mol. The Morgan fingerprint density at radius 2 is 2.40 bits per heavy atom. The van der Waals surface area contributed by atoms with Crippen molar-refractivity contribution in [3.8, 4) is 0 Å². The van der Waals surface area contributed by atoms with Gasteiger partial charge in [0.15, 0.2) is 0 Å². The average Bonchev–Trinajstić information content (AvgIpc) is 2.65. The summed E-state index contributed by atoms with van der Waals surface area (Å²) in [5.41, 5.74) is 5.62. The second-order valence-corrected chi connectivity index (χ2v) is 3.95. The Labute approximate surface area is 89.1 Å². The van der Waals surface area contributed by atoms with Gasteiger partial charge in [0.25, 0.3) is 0 Å². The zero-order valence-electron chi connectivity index (χ0n) is 8.81. The molecule has 1 aliphatic heterocycles. The van der Waals surface area contributed by atoms with Crippen LogP contribution in [0, 0.1) is 0 Å². The van der Waals surface area contributed by atoms with Crippen molar-refractivity contribution in [1.82, 2.24) is 4.98 Å². The number of rotatable bonds is 2. The van der Waals surface area contributed by atoms with Crippen LogP contribution in [-0.2, 0) is 0 Å². The first-order valence-electron chi connectivity index (χ1n) is 5.21. The summed E-state index contributed by atoms with van der Waals surface area (Å²) in [5, 5.41) is 0. The predicted molar refractivity (Wildman–Crippen MR) is 58.8 cm³/mol. The third-order valence-electron chi connectivity index (χ3n) is 2.88. The van der Waals surface area contributed by atoms with E-state index in [2.05, 4.69) is 16.8 Å². The Hall–Kier alpha value is -1.58. The summed E-state index contributed by atoms with van der Waals surface area (Å²) in [5.74, 6) is 0.508. The highest BCUT2D eigenvalue weighted by Crippen LogP contribution is 2.23. The maximum absolute atomic E-state index is 10.9. The molecule has 1 unspecified atom stereocenters. The summed E-state index contributed by atoms with van der Waals surface area (Å²) in [6.45, 7) is 3.24. The molecule has 1 aromatic rings. The topological polar surface area (TPSA) is 59.2 Å². The van der Waals surface area contributed by atoms with Crippen molar-refractivity contribution < 1.29 is 4.79 Å². The van der Waals surface area contributed by atoms with Gasteiger partial charge in [0.05, 0.1) is 5.56 Å². The number of anilines is 1. The van der Waals surface area contributed by atoms with Crippen LogP contribution in [0.1, 0.15) is 30.1 Å². The van der Waals surface area contributed by atoms with Crippen molar-refractivity contribution >= 4 is 11.7 Å². The van der Waals surface area contributed by atoms with Crippen LogP contribution in [0.2, 0.25) is 0 Å². The fourth-order valence-corrected chi connectivity index (χ4v) is 1.98. The minimum absolute atomic E-state index is 0.427. The van der Waals surface area contributed by atoms with Gasteiger partial charge in [-0.3, -0.25) is 4.79 Å². The van der Waals surface area contributed by atoms with E-state index in [0.717, 1.165) is 12.4 Å². The molecule has 0 radical (unpaired) electrons. The van der Waals surface area contributed by atoms with Crippen LogP contribution in [0.3, 0.4) is 0 Å².